The Morgan fingerprint density at radius 1 is 1.09 bits per heavy atom. The molecule has 3 heterocycles. The quantitative estimate of drug-likeness (QED) is 0.185. The molecule has 1 aliphatic rings. The van der Waals surface area contributed by atoms with E-state index in [0.717, 1.165) is 66.7 Å². The van der Waals surface area contributed by atoms with E-state index in [1.54, 1.807) is 23.6 Å². The van der Waals surface area contributed by atoms with Gasteiger partial charge in [0.2, 0.25) is 11.9 Å². The van der Waals surface area contributed by atoms with Gasteiger partial charge in [0.15, 0.2) is 0 Å². The molecule has 0 aliphatic carbocycles. The number of nitrogens with zero attached hydrogens (tertiary/aromatic N) is 3. The Hall–Kier alpha value is -4.42. The Morgan fingerprint density at radius 2 is 1.84 bits per heavy atom. The number of fused-ring (bicyclic) bond motifs is 1. The molecule has 2 aromatic heterocycles. The van der Waals surface area contributed by atoms with Gasteiger partial charge in [-0.05, 0) is 36.6 Å². The number of alkyl halides is 3. The van der Waals surface area contributed by atoms with Crippen molar-refractivity contribution in [3.63, 3.8) is 0 Å². The zero-order valence-corrected chi connectivity index (χ0v) is 23.7. The van der Waals surface area contributed by atoms with E-state index in [1.807, 2.05) is 42.6 Å². The molecule has 2 aromatic carbocycles. The number of piperidine rings is 1. The van der Waals surface area contributed by atoms with Crippen molar-refractivity contribution in [1.29, 1.82) is 0 Å². The number of amides is 2. The molecular weight excluding hydrogens is 583 g/mol. The van der Waals surface area contributed by atoms with Crippen LogP contribution in [0.2, 0.25) is 5.02 Å². The fourth-order valence-corrected chi connectivity index (χ4v) is 5.06. The summed E-state index contributed by atoms with van der Waals surface area (Å²) >= 11 is 6.47. The van der Waals surface area contributed by atoms with E-state index in [9.17, 15) is 22.8 Å². The minimum Gasteiger partial charge on any atom is -0.360 e. The van der Waals surface area contributed by atoms with Crippen molar-refractivity contribution in [2.45, 2.75) is 31.6 Å². The number of nitrogens with one attached hydrogen (secondary N) is 4. The predicted molar refractivity (Wildman–Crippen MR) is 160 cm³/mol. The molecule has 0 radical (unpaired) electrons. The molecular formula is C30H29ClF3N7O2. The molecule has 0 saturated carbocycles. The molecule has 4 N–H and O–H groups in total. The van der Waals surface area contributed by atoms with Crippen molar-refractivity contribution in [2.75, 3.05) is 30.3 Å². The van der Waals surface area contributed by atoms with Gasteiger partial charge in [0.25, 0.3) is 0 Å². The lowest BCUT2D eigenvalue weighted by Gasteiger charge is -2.32. The van der Waals surface area contributed by atoms with Gasteiger partial charge >= 0.3 is 12.1 Å². The van der Waals surface area contributed by atoms with Crippen LogP contribution in [0.15, 0.2) is 73.1 Å². The molecule has 1 fully saturated rings. The van der Waals surface area contributed by atoms with E-state index in [4.69, 9.17) is 16.6 Å². The second-order valence-electron chi connectivity index (χ2n) is 10.1. The van der Waals surface area contributed by atoms with Gasteiger partial charge in [-0.15, -0.1) is 0 Å². The lowest BCUT2D eigenvalue weighted by atomic mass is 10.0. The van der Waals surface area contributed by atoms with Gasteiger partial charge in [-0.2, -0.15) is 13.2 Å². The first kappa shape index (κ1) is 30.1. The first-order valence-electron chi connectivity index (χ1n) is 13.6. The molecule has 9 nitrogen and oxygen atoms in total. The fraction of sp³-hybridized carbons (Fsp3) is 0.267. The van der Waals surface area contributed by atoms with Crippen molar-refractivity contribution in [3.05, 3.63) is 83.7 Å². The van der Waals surface area contributed by atoms with E-state index in [1.165, 1.54) is 0 Å². The Kier molecular flexibility index (Phi) is 9.27. The van der Waals surface area contributed by atoms with Gasteiger partial charge in [-0.3, -0.25) is 14.5 Å². The summed E-state index contributed by atoms with van der Waals surface area (Å²) in [6, 6.07) is 15.6. The van der Waals surface area contributed by atoms with Gasteiger partial charge < -0.3 is 20.9 Å². The van der Waals surface area contributed by atoms with E-state index < -0.39 is 24.5 Å². The van der Waals surface area contributed by atoms with Crippen molar-refractivity contribution >= 4 is 46.0 Å². The standard InChI is InChI=1S/C30H29ClF3N7O2/c31-24-17-37-29(40-27(24)23-16-36-25-5-2-1-4-22(23)25)39-21-11-14-41(15-12-21)18-19-7-9-20(10-8-19)38-26(42)6-3-13-35-28(43)30(32,33)34/h1-10,16-17,21,36H,11-15,18H2,(H,35,43)(H,38,42)(H,37,39,40)/b6-3+. The number of aromatic amines is 1. The summed E-state index contributed by atoms with van der Waals surface area (Å²) in [6.45, 7) is 2.11. The van der Waals surface area contributed by atoms with Crippen molar-refractivity contribution < 1.29 is 22.8 Å². The SMILES string of the molecule is O=C(/C=C/CNC(=O)C(F)(F)F)Nc1ccc(CN2CCC(Nc3ncc(Cl)c(-c4c[nH]c5ccccc45)n3)CC2)cc1. The Morgan fingerprint density at radius 3 is 2.58 bits per heavy atom. The number of rotatable bonds is 9. The molecule has 2 amide bonds. The van der Waals surface area contributed by atoms with Crippen LogP contribution < -0.4 is 16.0 Å². The summed E-state index contributed by atoms with van der Waals surface area (Å²) in [5.74, 6) is -2.02. The third kappa shape index (κ3) is 7.90. The van der Waals surface area contributed by atoms with Crippen LogP contribution in [0.3, 0.4) is 0 Å². The normalized spacial score (nSPS) is 14.7. The summed E-state index contributed by atoms with van der Waals surface area (Å²) in [5.41, 5.74) is 4.26. The summed E-state index contributed by atoms with van der Waals surface area (Å²) in [4.78, 5) is 37.5. The average molecular weight is 612 g/mol. The number of carbonyl (C=O) groups is 2. The highest BCUT2D eigenvalue weighted by Crippen LogP contribution is 2.32. The van der Waals surface area contributed by atoms with Crippen molar-refractivity contribution in [2.24, 2.45) is 0 Å². The molecule has 5 rings (SSSR count). The zero-order chi connectivity index (χ0) is 30.4. The predicted octanol–water partition coefficient (Wildman–Crippen LogP) is 5.53. The molecule has 43 heavy (non-hydrogen) atoms. The topological polar surface area (TPSA) is 115 Å². The van der Waals surface area contributed by atoms with Gasteiger partial charge in [-0.1, -0.05) is 48.0 Å². The Bertz CT molecular complexity index is 1610. The number of anilines is 2. The maximum Gasteiger partial charge on any atom is 0.471 e. The molecule has 0 atom stereocenters. The van der Waals surface area contributed by atoms with Gasteiger partial charge in [0, 0.05) is 66.6 Å². The highest BCUT2D eigenvalue weighted by molar-refractivity contribution is 6.33. The number of aromatic nitrogens is 3. The molecule has 13 heteroatoms. The average Bonchev–Trinajstić information content (AvgIpc) is 3.42. The monoisotopic (exact) mass is 611 g/mol. The third-order valence-corrected chi connectivity index (χ3v) is 7.32. The first-order valence-corrected chi connectivity index (χ1v) is 14.0. The molecule has 1 aliphatic heterocycles. The van der Waals surface area contributed by atoms with Gasteiger partial charge in [-0.25, -0.2) is 9.97 Å². The van der Waals surface area contributed by atoms with Crippen LogP contribution in [0.4, 0.5) is 24.8 Å². The number of likely N-dealkylation sites (tertiary alicyclic amines) is 1. The number of hydrogen-bond donors (Lipinski definition) is 4. The summed E-state index contributed by atoms with van der Waals surface area (Å²) in [6.07, 6.45) is 2.63. The van der Waals surface area contributed by atoms with Crippen LogP contribution in [0.5, 0.6) is 0 Å². The van der Waals surface area contributed by atoms with E-state index in [2.05, 4.69) is 25.5 Å². The fourth-order valence-electron chi connectivity index (χ4n) is 4.86. The van der Waals surface area contributed by atoms with Crippen LogP contribution in [0.25, 0.3) is 22.2 Å². The van der Waals surface area contributed by atoms with Crippen molar-refractivity contribution in [1.82, 2.24) is 25.2 Å². The lowest BCUT2D eigenvalue weighted by molar-refractivity contribution is -0.173. The van der Waals surface area contributed by atoms with Crippen LogP contribution in [0.1, 0.15) is 18.4 Å². The minimum absolute atomic E-state index is 0.223. The van der Waals surface area contributed by atoms with E-state index in [0.29, 0.717) is 22.4 Å². The van der Waals surface area contributed by atoms with Gasteiger partial charge in [0.05, 0.1) is 16.9 Å². The molecule has 0 spiro atoms. The molecule has 4 aromatic rings. The van der Waals surface area contributed by atoms with Crippen LogP contribution >= 0.6 is 11.6 Å². The number of halogens is 4. The molecule has 1 saturated heterocycles. The minimum atomic E-state index is -4.96. The van der Waals surface area contributed by atoms with Crippen molar-refractivity contribution in [3.8, 4) is 11.3 Å². The molecule has 224 valence electrons. The summed E-state index contributed by atoms with van der Waals surface area (Å²) < 4.78 is 36.5. The molecule has 0 unspecified atom stereocenters. The van der Waals surface area contributed by atoms with E-state index >= 15 is 0 Å². The van der Waals surface area contributed by atoms with Crippen LogP contribution in [-0.4, -0.2) is 63.5 Å². The highest BCUT2D eigenvalue weighted by atomic mass is 35.5. The Balaban J connectivity index is 1.08. The van der Waals surface area contributed by atoms with Crippen LogP contribution in [0, 0.1) is 0 Å². The maximum absolute atomic E-state index is 12.2. The number of benzene rings is 2. The first-order chi connectivity index (χ1) is 20.7. The number of carbonyl (C=O) groups excluding carboxylic acids is 2. The second-order valence-corrected chi connectivity index (χ2v) is 10.5. The highest BCUT2D eigenvalue weighted by Gasteiger charge is 2.38. The summed E-state index contributed by atoms with van der Waals surface area (Å²) in [5, 5.41) is 9.30. The van der Waals surface area contributed by atoms with Crippen LogP contribution in [-0.2, 0) is 16.1 Å². The van der Waals surface area contributed by atoms with Gasteiger partial charge in [0.1, 0.15) is 0 Å². The third-order valence-electron chi connectivity index (χ3n) is 7.04. The zero-order valence-electron chi connectivity index (χ0n) is 22.9. The lowest BCUT2D eigenvalue weighted by Crippen LogP contribution is -2.39. The number of hydrogen-bond acceptors (Lipinski definition) is 6. The smallest absolute Gasteiger partial charge is 0.360 e. The number of H-pyrrole nitrogens is 1. The number of para-hydroxylation sites is 1. The largest absolute Gasteiger partial charge is 0.471 e. The maximum atomic E-state index is 12.2. The molecule has 0 bridgehead atoms. The Labute approximate surface area is 250 Å². The van der Waals surface area contributed by atoms with E-state index in [-0.39, 0.29) is 6.04 Å². The second kappa shape index (κ2) is 13.3. The summed E-state index contributed by atoms with van der Waals surface area (Å²) in [7, 11) is 0.